The molecular formula is C23H45NO2. The second kappa shape index (κ2) is 16.4. The number of rotatable bonds is 18. The molecule has 0 radical (unpaired) electrons. The molecule has 154 valence electrons. The summed E-state index contributed by atoms with van der Waals surface area (Å²) in [4.78, 5) is 14.0. The van der Waals surface area contributed by atoms with Crippen LogP contribution in [0.5, 0.6) is 0 Å². The lowest BCUT2D eigenvalue weighted by molar-refractivity contribution is 0.157. The van der Waals surface area contributed by atoms with Gasteiger partial charge in [0.05, 0.1) is 6.04 Å². The fraction of sp³-hybridized carbons (Fsp3) is 0.957. The molecular weight excluding hydrogens is 322 g/mol. The zero-order valence-electron chi connectivity index (χ0n) is 17.8. The van der Waals surface area contributed by atoms with Crippen molar-refractivity contribution in [2.24, 2.45) is 0 Å². The summed E-state index contributed by atoms with van der Waals surface area (Å²) in [7, 11) is 0. The predicted octanol–water partition coefficient (Wildman–Crippen LogP) is 7.48. The monoisotopic (exact) mass is 367 g/mol. The van der Waals surface area contributed by atoms with Crippen LogP contribution in [0.25, 0.3) is 0 Å². The highest BCUT2D eigenvalue weighted by Gasteiger charge is 2.31. The van der Waals surface area contributed by atoms with E-state index in [4.69, 9.17) is 4.74 Å². The van der Waals surface area contributed by atoms with Gasteiger partial charge >= 0.3 is 6.09 Å². The third kappa shape index (κ3) is 11.1. The number of amides is 1. The van der Waals surface area contributed by atoms with E-state index in [1.54, 1.807) is 0 Å². The standard InChI is InChI=1S/C23H45NO2/c1-3-5-7-9-11-13-15-17-19-22-21-26-23(25)24(22)20-18-16-14-12-10-8-6-4-2/h22H,3-21H2,1-2H3. The minimum atomic E-state index is -0.0717. The van der Waals surface area contributed by atoms with E-state index in [0.29, 0.717) is 12.6 Å². The average molecular weight is 368 g/mol. The molecule has 1 amide bonds. The van der Waals surface area contributed by atoms with E-state index in [9.17, 15) is 4.79 Å². The van der Waals surface area contributed by atoms with E-state index >= 15 is 0 Å². The van der Waals surface area contributed by atoms with Crippen LogP contribution in [-0.2, 0) is 4.74 Å². The van der Waals surface area contributed by atoms with Crippen molar-refractivity contribution in [3.8, 4) is 0 Å². The molecule has 0 aliphatic carbocycles. The van der Waals surface area contributed by atoms with Crippen molar-refractivity contribution in [3.63, 3.8) is 0 Å². The molecule has 0 aromatic heterocycles. The van der Waals surface area contributed by atoms with Crippen LogP contribution in [0, 0.1) is 0 Å². The van der Waals surface area contributed by atoms with Crippen LogP contribution in [0.3, 0.4) is 0 Å². The topological polar surface area (TPSA) is 29.5 Å². The maximum absolute atomic E-state index is 12.0. The fourth-order valence-corrected chi connectivity index (χ4v) is 3.93. The Kier molecular flexibility index (Phi) is 14.7. The smallest absolute Gasteiger partial charge is 0.410 e. The molecule has 1 heterocycles. The van der Waals surface area contributed by atoms with Crippen molar-refractivity contribution in [2.75, 3.05) is 13.2 Å². The first kappa shape index (κ1) is 23.3. The highest BCUT2D eigenvalue weighted by atomic mass is 16.6. The first-order valence-corrected chi connectivity index (χ1v) is 11.7. The molecule has 0 aromatic carbocycles. The molecule has 0 N–H and O–H groups in total. The van der Waals surface area contributed by atoms with Gasteiger partial charge in [-0.05, 0) is 12.8 Å². The van der Waals surface area contributed by atoms with E-state index in [1.165, 1.54) is 96.3 Å². The lowest BCUT2D eigenvalue weighted by Gasteiger charge is -2.21. The lowest BCUT2D eigenvalue weighted by Crippen LogP contribution is -2.34. The second-order valence-corrected chi connectivity index (χ2v) is 8.16. The van der Waals surface area contributed by atoms with Crippen molar-refractivity contribution in [3.05, 3.63) is 0 Å². The molecule has 1 aliphatic rings. The Morgan fingerprint density at radius 1 is 0.731 bits per heavy atom. The molecule has 26 heavy (non-hydrogen) atoms. The molecule has 0 spiro atoms. The van der Waals surface area contributed by atoms with Gasteiger partial charge in [0.1, 0.15) is 6.61 Å². The van der Waals surface area contributed by atoms with Gasteiger partial charge in [-0.2, -0.15) is 0 Å². The molecule has 1 atom stereocenters. The first-order chi connectivity index (χ1) is 12.8. The lowest BCUT2D eigenvalue weighted by atomic mass is 10.0. The number of ether oxygens (including phenoxy) is 1. The summed E-state index contributed by atoms with van der Waals surface area (Å²) < 4.78 is 5.31. The zero-order valence-corrected chi connectivity index (χ0v) is 17.8. The Balaban J connectivity index is 2.02. The molecule has 1 aliphatic heterocycles. The van der Waals surface area contributed by atoms with E-state index in [1.807, 2.05) is 4.90 Å². The zero-order chi connectivity index (χ0) is 18.9. The number of carbonyl (C=O) groups is 1. The van der Waals surface area contributed by atoms with Gasteiger partial charge in [0.2, 0.25) is 0 Å². The van der Waals surface area contributed by atoms with Gasteiger partial charge in [0.25, 0.3) is 0 Å². The number of hydrogen-bond donors (Lipinski definition) is 0. The van der Waals surface area contributed by atoms with E-state index in [-0.39, 0.29) is 6.09 Å². The molecule has 1 saturated heterocycles. The summed E-state index contributed by atoms with van der Waals surface area (Å²) in [5.41, 5.74) is 0. The minimum Gasteiger partial charge on any atom is -0.447 e. The highest BCUT2D eigenvalue weighted by molar-refractivity contribution is 5.70. The molecule has 0 saturated carbocycles. The van der Waals surface area contributed by atoms with Crippen molar-refractivity contribution >= 4 is 6.09 Å². The molecule has 1 rings (SSSR count). The summed E-state index contributed by atoms with van der Waals surface area (Å²) in [6.45, 7) is 6.05. The maximum atomic E-state index is 12.0. The van der Waals surface area contributed by atoms with Gasteiger partial charge in [-0.25, -0.2) is 4.79 Å². The Labute approximate surface area is 163 Å². The molecule has 0 aromatic rings. The van der Waals surface area contributed by atoms with E-state index < -0.39 is 0 Å². The largest absolute Gasteiger partial charge is 0.447 e. The number of hydrogen-bond acceptors (Lipinski definition) is 2. The summed E-state index contributed by atoms with van der Waals surface area (Å²) in [6, 6.07) is 0.340. The van der Waals surface area contributed by atoms with Crippen LogP contribution >= 0.6 is 0 Å². The quantitative estimate of drug-likeness (QED) is 0.235. The third-order valence-electron chi connectivity index (χ3n) is 5.72. The number of unbranched alkanes of at least 4 members (excludes halogenated alkanes) is 14. The summed E-state index contributed by atoms with van der Waals surface area (Å²) in [5, 5.41) is 0. The van der Waals surface area contributed by atoms with Crippen LogP contribution in [-0.4, -0.2) is 30.2 Å². The van der Waals surface area contributed by atoms with Crippen LogP contribution < -0.4 is 0 Å². The van der Waals surface area contributed by atoms with Crippen molar-refractivity contribution < 1.29 is 9.53 Å². The molecule has 1 fully saturated rings. The van der Waals surface area contributed by atoms with Gasteiger partial charge < -0.3 is 9.64 Å². The summed E-state index contributed by atoms with van der Waals surface area (Å²) >= 11 is 0. The van der Waals surface area contributed by atoms with Gasteiger partial charge in [-0.1, -0.05) is 110 Å². The second-order valence-electron chi connectivity index (χ2n) is 8.16. The highest BCUT2D eigenvalue weighted by Crippen LogP contribution is 2.20. The van der Waals surface area contributed by atoms with Crippen molar-refractivity contribution in [2.45, 2.75) is 129 Å². The Morgan fingerprint density at radius 2 is 1.19 bits per heavy atom. The van der Waals surface area contributed by atoms with Gasteiger partial charge in [-0.15, -0.1) is 0 Å². The number of nitrogens with zero attached hydrogens (tertiary/aromatic N) is 1. The minimum absolute atomic E-state index is 0.0717. The maximum Gasteiger partial charge on any atom is 0.410 e. The normalized spacial score (nSPS) is 17.1. The predicted molar refractivity (Wildman–Crippen MR) is 112 cm³/mol. The van der Waals surface area contributed by atoms with E-state index in [0.717, 1.165) is 19.4 Å². The van der Waals surface area contributed by atoms with Crippen molar-refractivity contribution in [1.82, 2.24) is 4.90 Å². The molecule has 3 heteroatoms. The SMILES string of the molecule is CCCCCCCCCCC1COC(=O)N1CCCCCCCCCC. The van der Waals surface area contributed by atoms with Gasteiger partial charge in [0.15, 0.2) is 0 Å². The van der Waals surface area contributed by atoms with E-state index in [2.05, 4.69) is 13.8 Å². The number of cyclic esters (lactones) is 1. The number of carbonyl (C=O) groups excluding carboxylic acids is 1. The van der Waals surface area contributed by atoms with Crippen LogP contribution in [0.15, 0.2) is 0 Å². The first-order valence-electron chi connectivity index (χ1n) is 11.7. The fourth-order valence-electron chi connectivity index (χ4n) is 3.93. The van der Waals surface area contributed by atoms with Crippen molar-refractivity contribution in [1.29, 1.82) is 0 Å². The average Bonchev–Trinajstić information content (AvgIpc) is 2.99. The summed E-state index contributed by atoms with van der Waals surface area (Å²) in [5.74, 6) is 0. The van der Waals surface area contributed by atoms with Gasteiger partial charge in [0, 0.05) is 6.54 Å². The molecule has 0 bridgehead atoms. The molecule has 1 unspecified atom stereocenters. The van der Waals surface area contributed by atoms with Crippen LogP contribution in [0.1, 0.15) is 123 Å². The Hall–Kier alpha value is -0.730. The third-order valence-corrected chi connectivity index (χ3v) is 5.72. The summed E-state index contributed by atoms with van der Waals surface area (Å²) in [6.07, 6.45) is 22.3. The Bertz CT molecular complexity index is 332. The Morgan fingerprint density at radius 3 is 1.73 bits per heavy atom. The molecule has 3 nitrogen and oxygen atoms in total. The van der Waals surface area contributed by atoms with Gasteiger partial charge in [-0.3, -0.25) is 0 Å². The van der Waals surface area contributed by atoms with Crippen LogP contribution in [0.2, 0.25) is 0 Å². The van der Waals surface area contributed by atoms with Crippen LogP contribution in [0.4, 0.5) is 4.79 Å².